The van der Waals surface area contributed by atoms with Crippen LogP contribution in [-0.4, -0.2) is 44.7 Å². The van der Waals surface area contributed by atoms with Gasteiger partial charge in [-0.15, -0.1) is 0 Å². The Kier molecular flexibility index (Phi) is 6.91. The first-order valence-electron chi connectivity index (χ1n) is 8.79. The van der Waals surface area contributed by atoms with E-state index in [-0.39, 0.29) is 11.9 Å². The van der Waals surface area contributed by atoms with E-state index in [1.807, 2.05) is 26.0 Å². The lowest BCUT2D eigenvalue weighted by atomic mass is 10.0. The fourth-order valence-electron chi connectivity index (χ4n) is 3.33. The molecule has 0 radical (unpaired) electrons. The molecule has 1 unspecified atom stereocenters. The van der Waals surface area contributed by atoms with Crippen LogP contribution < -0.4 is 14.8 Å². The molecule has 1 fully saturated rings. The van der Waals surface area contributed by atoms with Crippen LogP contribution in [0, 0.1) is 6.92 Å². The number of carbonyl (C=O) groups excluding carboxylic acids is 1. The highest BCUT2D eigenvalue weighted by Crippen LogP contribution is 2.32. The van der Waals surface area contributed by atoms with Crippen molar-refractivity contribution in [2.24, 2.45) is 0 Å². The second-order valence-corrected chi connectivity index (χ2v) is 6.54. The summed E-state index contributed by atoms with van der Waals surface area (Å²) in [7, 11) is 3.25. The maximum Gasteiger partial charge on any atom is 0.234 e. The molecule has 134 valence electrons. The van der Waals surface area contributed by atoms with Gasteiger partial charge in [0, 0.05) is 0 Å². The average molecular weight is 334 g/mol. The van der Waals surface area contributed by atoms with Crippen LogP contribution >= 0.6 is 0 Å². The predicted molar refractivity (Wildman–Crippen MR) is 95.7 cm³/mol. The highest BCUT2D eigenvalue weighted by Gasteiger charge is 2.18. The zero-order valence-corrected chi connectivity index (χ0v) is 15.4. The number of likely N-dealkylation sites (tertiary alicyclic amines) is 1. The monoisotopic (exact) mass is 334 g/mol. The number of nitrogens with one attached hydrogen (secondary N) is 1. The van der Waals surface area contributed by atoms with Gasteiger partial charge in [0.1, 0.15) is 0 Å². The third-order valence-corrected chi connectivity index (χ3v) is 4.68. The molecule has 0 aliphatic carbocycles. The van der Waals surface area contributed by atoms with E-state index in [2.05, 4.69) is 10.2 Å². The average Bonchev–Trinajstić information content (AvgIpc) is 2.82. The number of rotatable bonds is 6. The molecular weight excluding hydrogens is 304 g/mol. The summed E-state index contributed by atoms with van der Waals surface area (Å²) in [6, 6.07) is 3.83. The Bertz CT molecular complexity index is 552. The van der Waals surface area contributed by atoms with Crippen molar-refractivity contribution in [2.75, 3.05) is 33.9 Å². The second kappa shape index (κ2) is 8.92. The van der Waals surface area contributed by atoms with Crippen molar-refractivity contribution in [1.82, 2.24) is 10.2 Å². The number of carbonyl (C=O) groups is 1. The van der Waals surface area contributed by atoms with Crippen molar-refractivity contribution in [1.29, 1.82) is 0 Å². The molecular formula is C19H30N2O3. The molecule has 1 aliphatic rings. The number of amides is 1. The number of ether oxygens (including phenoxy) is 2. The van der Waals surface area contributed by atoms with Gasteiger partial charge in [-0.05, 0) is 63.0 Å². The maximum atomic E-state index is 12.4. The molecule has 0 aromatic heterocycles. The highest BCUT2D eigenvalue weighted by molar-refractivity contribution is 5.78. The summed E-state index contributed by atoms with van der Waals surface area (Å²) in [5, 5.41) is 3.12. The minimum atomic E-state index is -0.0655. The van der Waals surface area contributed by atoms with Crippen LogP contribution in [0.2, 0.25) is 0 Å². The van der Waals surface area contributed by atoms with E-state index >= 15 is 0 Å². The minimum absolute atomic E-state index is 0.0655. The van der Waals surface area contributed by atoms with Crippen molar-refractivity contribution < 1.29 is 14.3 Å². The number of hydrogen-bond donors (Lipinski definition) is 1. The summed E-state index contributed by atoms with van der Waals surface area (Å²) in [6.45, 7) is 6.56. The van der Waals surface area contributed by atoms with Gasteiger partial charge >= 0.3 is 0 Å². The van der Waals surface area contributed by atoms with Gasteiger partial charge in [-0.25, -0.2) is 0 Å². The molecule has 2 rings (SSSR count). The van der Waals surface area contributed by atoms with E-state index in [0.29, 0.717) is 18.0 Å². The summed E-state index contributed by atoms with van der Waals surface area (Å²) < 4.78 is 10.7. The van der Waals surface area contributed by atoms with Crippen LogP contribution in [0.25, 0.3) is 0 Å². The number of nitrogens with zero attached hydrogens (tertiary/aromatic N) is 1. The molecule has 1 amide bonds. The number of methoxy groups -OCH3 is 2. The molecule has 1 heterocycles. The molecule has 1 aromatic rings. The Balaban J connectivity index is 2.00. The predicted octanol–water partition coefficient (Wildman–Crippen LogP) is 3.07. The van der Waals surface area contributed by atoms with Crippen molar-refractivity contribution in [3.8, 4) is 11.5 Å². The van der Waals surface area contributed by atoms with Crippen LogP contribution in [0.3, 0.4) is 0 Å². The molecule has 1 atom stereocenters. The Morgan fingerprint density at radius 3 is 2.29 bits per heavy atom. The SMILES string of the molecule is COc1cc(C)c(C(C)NC(=O)CN2CCCCCC2)cc1OC. The summed E-state index contributed by atoms with van der Waals surface area (Å²) >= 11 is 0. The van der Waals surface area contributed by atoms with E-state index in [1.54, 1.807) is 14.2 Å². The van der Waals surface area contributed by atoms with Gasteiger partial charge in [0.15, 0.2) is 11.5 Å². The maximum absolute atomic E-state index is 12.4. The first kappa shape index (κ1) is 18.6. The normalized spacial score (nSPS) is 17.0. The van der Waals surface area contributed by atoms with Gasteiger partial charge in [-0.1, -0.05) is 12.8 Å². The lowest BCUT2D eigenvalue weighted by molar-refractivity contribution is -0.122. The minimum Gasteiger partial charge on any atom is -0.493 e. The van der Waals surface area contributed by atoms with Gasteiger partial charge in [-0.3, -0.25) is 9.69 Å². The Morgan fingerprint density at radius 1 is 1.12 bits per heavy atom. The lowest BCUT2D eigenvalue weighted by Gasteiger charge is -2.22. The fraction of sp³-hybridized carbons (Fsp3) is 0.632. The molecule has 1 saturated heterocycles. The molecule has 1 aromatic carbocycles. The van der Waals surface area contributed by atoms with E-state index in [1.165, 1.54) is 25.7 Å². The van der Waals surface area contributed by atoms with Gasteiger partial charge in [0.2, 0.25) is 5.91 Å². The van der Waals surface area contributed by atoms with E-state index in [9.17, 15) is 4.79 Å². The van der Waals surface area contributed by atoms with Gasteiger partial charge in [0.25, 0.3) is 0 Å². The molecule has 24 heavy (non-hydrogen) atoms. The fourth-order valence-corrected chi connectivity index (χ4v) is 3.33. The number of benzene rings is 1. The molecule has 0 saturated carbocycles. The lowest BCUT2D eigenvalue weighted by Crippen LogP contribution is -2.38. The van der Waals surface area contributed by atoms with Crippen LogP contribution in [0.15, 0.2) is 12.1 Å². The summed E-state index contributed by atoms with van der Waals surface area (Å²) in [6.07, 6.45) is 4.94. The van der Waals surface area contributed by atoms with Crippen molar-refractivity contribution in [3.63, 3.8) is 0 Å². The van der Waals surface area contributed by atoms with Gasteiger partial charge < -0.3 is 14.8 Å². The second-order valence-electron chi connectivity index (χ2n) is 6.54. The van der Waals surface area contributed by atoms with Crippen molar-refractivity contribution >= 4 is 5.91 Å². The van der Waals surface area contributed by atoms with E-state index in [4.69, 9.17) is 9.47 Å². The molecule has 5 nitrogen and oxygen atoms in total. The van der Waals surface area contributed by atoms with E-state index in [0.717, 1.165) is 24.2 Å². The number of hydrogen-bond acceptors (Lipinski definition) is 4. The van der Waals surface area contributed by atoms with Crippen LogP contribution in [0.1, 0.15) is 49.8 Å². The van der Waals surface area contributed by atoms with Crippen molar-refractivity contribution in [2.45, 2.75) is 45.6 Å². The summed E-state index contributed by atoms with van der Waals surface area (Å²) in [5.41, 5.74) is 2.13. The molecule has 1 N–H and O–H groups in total. The van der Waals surface area contributed by atoms with Crippen molar-refractivity contribution in [3.05, 3.63) is 23.3 Å². The third-order valence-electron chi connectivity index (χ3n) is 4.68. The van der Waals surface area contributed by atoms with Crippen LogP contribution in [0.4, 0.5) is 0 Å². The zero-order valence-electron chi connectivity index (χ0n) is 15.4. The Hall–Kier alpha value is -1.75. The summed E-state index contributed by atoms with van der Waals surface area (Å²) in [4.78, 5) is 14.6. The van der Waals surface area contributed by atoms with Crippen LogP contribution in [0.5, 0.6) is 11.5 Å². The highest BCUT2D eigenvalue weighted by atomic mass is 16.5. The topological polar surface area (TPSA) is 50.8 Å². The first-order valence-corrected chi connectivity index (χ1v) is 8.79. The smallest absolute Gasteiger partial charge is 0.234 e. The summed E-state index contributed by atoms with van der Waals surface area (Å²) in [5.74, 6) is 1.48. The number of aryl methyl sites for hydroxylation is 1. The first-order chi connectivity index (χ1) is 11.5. The largest absolute Gasteiger partial charge is 0.493 e. The molecule has 1 aliphatic heterocycles. The quantitative estimate of drug-likeness (QED) is 0.869. The van der Waals surface area contributed by atoms with Gasteiger partial charge in [-0.2, -0.15) is 0 Å². The van der Waals surface area contributed by atoms with E-state index < -0.39 is 0 Å². The zero-order chi connectivity index (χ0) is 17.5. The Morgan fingerprint density at radius 2 is 1.71 bits per heavy atom. The van der Waals surface area contributed by atoms with Crippen LogP contribution in [-0.2, 0) is 4.79 Å². The van der Waals surface area contributed by atoms with Gasteiger partial charge in [0.05, 0.1) is 26.8 Å². The molecule has 0 bridgehead atoms. The molecule has 5 heteroatoms. The molecule has 0 spiro atoms. The standard InChI is InChI=1S/C19H30N2O3/c1-14-11-17(23-3)18(24-4)12-16(14)15(2)20-19(22)13-21-9-7-5-6-8-10-21/h11-12,15H,5-10,13H2,1-4H3,(H,20,22). The Labute approximate surface area is 145 Å². The third kappa shape index (κ3) is 4.87.